The lowest BCUT2D eigenvalue weighted by atomic mass is 10.1. The third kappa shape index (κ3) is 4.70. The molecule has 0 saturated carbocycles. The van der Waals surface area contributed by atoms with Crippen molar-refractivity contribution in [3.05, 3.63) is 42.0 Å². The summed E-state index contributed by atoms with van der Waals surface area (Å²) in [6.07, 6.45) is 2.13. The number of hydrogen-bond donors (Lipinski definition) is 1. The van der Waals surface area contributed by atoms with Gasteiger partial charge in [-0.3, -0.25) is 4.79 Å². The van der Waals surface area contributed by atoms with Crippen molar-refractivity contribution in [1.29, 1.82) is 0 Å². The van der Waals surface area contributed by atoms with Gasteiger partial charge in [0.15, 0.2) is 0 Å². The molecule has 1 N–H and O–H groups in total. The van der Waals surface area contributed by atoms with E-state index < -0.39 is 10.0 Å². The van der Waals surface area contributed by atoms with Crippen molar-refractivity contribution in [3.63, 3.8) is 0 Å². The van der Waals surface area contributed by atoms with E-state index in [0.717, 1.165) is 29.9 Å². The van der Waals surface area contributed by atoms with Gasteiger partial charge in [-0.25, -0.2) is 8.42 Å². The Bertz CT molecular complexity index is 944. The summed E-state index contributed by atoms with van der Waals surface area (Å²) in [5.74, 6) is -0.131. The topological polar surface area (TPSA) is 84.9 Å². The molecule has 0 bridgehead atoms. The summed E-state index contributed by atoms with van der Waals surface area (Å²) in [6.45, 7) is 2.89. The number of thiophene rings is 1. The van der Waals surface area contributed by atoms with Crippen molar-refractivity contribution in [1.82, 2.24) is 9.62 Å². The highest BCUT2D eigenvalue weighted by atomic mass is 32.2. The predicted octanol–water partition coefficient (Wildman–Crippen LogP) is 2.34. The average molecular weight is 437 g/mol. The van der Waals surface area contributed by atoms with E-state index >= 15 is 0 Å². The van der Waals surface area contributed by atoms with Gasteiger partial charge < -0.3 is 14.8 Å². The quantitative estimate of drug-likeness (QED) is 0.751. The SMILES string of the molecule is O=C(NCC1CCCO1)c1ccc(-c2ccc(S(=O)(=O)N3CCOCC3)s2)cc1. The Kier molecular flexibility index (Phi) is 6.31. The maximum Gasteiger partial charge on any atom is 0.252 e. The molecule has 1 unspecified atom stereocenters. The van der Waals surface area contributed by atoms with E-state index in [-0.39, 0.29) is 12.0 Å². The van der Waals surface area contributed by atoms with Gasteiger partial charge in [0, 0.05) is 36.7 Å². The van der Waals surface area contributed by atoms with E-state index in [4.69, 9.17) is 9.47 Å². The van der Waals surface area contributed by atoms with Crippen molar-refractivity contribution in [2.45, 2.75) is 23.2 Å². The molecule has 29 heavy (non-hydrogen) atoms. The lowest BCUT2D eigenvalue weighted by molar-refractivity contribution is 0.0731. The van der Waals surface area contributed by atoms with Gasteiger partial charge in [-0.15, -0.1) is 11.3 Å². The normalized spacial score (nSPS) is 20.6. The summed E-state index contributed by atoms with van der Waals surface area (Å²) in [7, 11) is -3.49. The fourth-order valence-corrected chi connectivity index (χ4v) is 6.30. The third-order valence-corrected chi connectivity index (χ3v) is 8.59. The van der Waals surface area contributed by atoms with Crippen LogP contribution in [0.25, 0.3) is 10.4 Å². The first kappa shape index (κ1) is 20.5. The average Bonchev–Trinajstić information content (AvgIpc) is 3.45. The highest BCUT2D eigenvalue weighted by Crippen LogP contribution is 2.32. The zero-order valence-corrected chi connectivity index (χ0v) is 17.6. The first-order valence-corrected chi connectivity index (χ1v) is 12.0. The molecule has 3 heterocycles. The number of morpholine rings is 1. The summed E-state index contributed by atoms with van der Waals surface area (Å²) >= 11 is 1.24. The highest BCUT2D eigenvalue weighted by molar-refractivity contribution is 7.91. The standard InChI is InChI=1S/C20H24N2O5S2/c23-20(21-14-17-2-1-11-27-17)16-5-3-15(4-6-16)18-7-8-19(28-18)29(24,25)22-9-12-26-13-10-22/h3-8,17H,1-2,9-14H2,(H,21,23). The van der Waals surface area contributed by atoms with Crippen LogP contribution in [-0.2, 0) is 19.5 Å². The van der Waals surface area contributed by atoms with Gasteiger partial charge in [0.2, 0.25) is 0 Å². The maximum atomic E-state index is 12.8. The molecule has 1 aromatic carbocycles. The van der Waals surface area contributed by atoms with Crippen molar-refractivity contribution in [3.8, 4) is 10.4 Å². The number of nitrogens with zero attached hydrogens (tertiary/aromatic N) is 1. The first-order chi connectivity index (χ1) is 14.0. The van der Waals surface area contributed by atoms with Crippen LogP contribution < -0.4 is 5.32 Å². The maximum absolute atomic E-state index is 12.8. The second kappa shape index (κ2) is 8.93. The summed E-state index contributed by atoms with van der Waals surface area (Å²) in [4.78, 5) is 13.2. The molecule has 4 rings (SSSR count). The minimum Gasteiger partial charge on any atom is -0.379 e. The van der Waals surface area contributed by atoms with Crippen LogP contribution in [0.3, 0.4) is 0 Å². The summed E-state index contributed by atoms with van der Waals surface area (Å²) in [6, 6.07) is 10.7. The van der Waals surface area contributed by atoms with Crippen LogP contribution in [0.5, 0.6) is 0 Å². The van der Waals surface area contributed by atoms with Gasteiger partial charge in [-0.05, 0) is 42.7 Å². The zero-order chi connectivity index (χ0) is 20.3. The zero-order valence-electron chi connectivity index (χ0n) is 16.0. The van der Waals surface area contributed by atoms with Crippen LogP contribution in [0.4, 0.5) is 0 Å². The molecule has 2 saturated heterocycles. The fourth-order valence-electron chi connectivity index (χ4n) is 3.43. The molecule has 0 spiro atoms. The number of carbonyl (C=O) groups excluding carboxylic acids is 1. The van der Waals surface area contributed by atoms with Crippen molar-refractivity contribution in [2.24, 2.45) is 0 Å². The van der Waals surface area contributed by atoms with E-state index in [9.17, 15) is 13.2 Å². The molecule has 1 amide bonds. The molecule has 7 nitrogen and oxygen atoms in total. The van der Waals surface area contributed by atoms with Gasteiger partial charge >= 0.3 is 0 Å². The number of nitrogens with one attached hydrogen (secondary N) is 1. The molecule has 2 aliphatic rings. The molecule has 2 fully saturated rings. The smallest absolute Gasteiger partial charge is 0.252 e. The molecular formula is C20H24N2O5S2. The Hall–Kier alpha value is -1.78. The highest BCUT2D eigenvalue weighted by Gasteiger charge is 2.28. The van der Waals surface area contributed by atoms with Crippen molar-refractivity contribution in [2.75, 3.05) is 39.5 Å². The van der Waals surface area contributed by atoms with Gasteiger partial charge in [-0.1, -0.05) is 12.1 Å². The van der Waals surface area contributed by atoms with Gasteiger partial charge in [0.25, 0.3) is 15.9 Å². The predicted molar refractivity (Wildman–Crippen MR) is 111 cm³/mol. The van der Waals surface area contributed by atoms with E-state index in [1.165, 1.54) is 15.6 Å². The van der Waals surface area contributed by atoms with Gasteiger partial charge in [0.05, 0.1) is 19.3 Å². The Morgan fingerprint density at radius 2 is 1.86 bits per heavy atom. The number of hydrogen-bond acceptors (Lipinski definition) is 6. The molecule has 1 aromatic heterocycles. The van der Waals surface area contributed by atoms with Crippen LogP contribution in [0.1, 0.15) is 23.2 Å². The molecule has 2 aliphatic heterocycles. The van der Waals surface area contributed by atoms with Crippen LogP contribution in [0.15, 0.2) is 40.6 Å². The van der Waals surface area contributed by atoms with Gasteiger partial charge in [-0.2, -0.15) is 4.31 Å². The molecule has 9 heteroatoms. The largest absolute Gasteiger partial charge is 0.379 e. The Labute approximate surface area is 174 Å². The minimum atomic E-state index is -3.49. The first-order valence-electron chi connectivity index (χ1n) is 9.72. The minimum absolute atomic E-state index is 0.108. The lowest BCUT2D eigenvalue weighted by Crippen LogP contribution is -2.40. The van der Waals surface area contributed by atoms with E-state index in [0.29, 0.717) is 42.6 Å². The van der Waals surface area contributed by atoms with E-state index in [1.807, 2.05) is 18.2 Å². The van der Waals surface area contributed by atoms with Crippen LogP contribution >= 0.6 is 11.3 Å². The number of rotatable bonds is 6. The van der Waals surface area contributed by atoms with Gasteiger partial charge in [0.1, 0.15) is 4.21 Å². The second-order valence-electron chi connectivity index (χ2n) is 7.06. The van der Waals surface area contributed by atoms with E-state index in [2.05, 4.69) is 5.32 Å². The molecule has 2 aromatic rings. The van der Waals surface area contributed by atoms with Crippen molar-refractivity contribution >= 4 is 27.3 Å². The van der Waals surface area contributed by atoms with Crippen LogP contribution in [-0.4, -0.2) is 64.2 Å². The lowest BCUT2D eigenvalue weighted by Gasteiger charge is -2.25. The molecule has 0 aliphatic carbocycles. The molecule has 156 valence electrons. The number of carbonyl (C=O) groups is 1. The van der Waals surface area contributed by atoms with E-state index in [1.54, 1.807) is 18.2 Å². The Morgan fingerprint density at radius 3 is 2.55 bits per heavy atom. The summed E-state index contributed by atoms with van der Waals surface area (Å²) < 4.78 is 38.1. The number of ether oxygens (including phenoxy) is 2. The third-order valence-electron chi connectivity index (χ3n) is 5.09. The summed E-state index contributed by atoms with van der Waals surface area (Å²) in [5.41, 5.74) is 1.46. The summed E-state index contributed by atoms with van der Waals surface area (Å²) in [5, 5.41) is 2.90. The molecular weight excluding hydrogens is 412 g/mol. The second-order valence-corrected chi connectivity index (χ2v) is 10.3. The Morgan fingerprint density at radius 1 is 1.10 bits per heavy atom. The fraction of sp³-hybridized carbons (Fsp3) is 0.450. The molecule has 1 atom stereocenters. The van der Waals surface area contributed by atoms with Crippen LogP contribution in [0, 0.1) is 0 Å². The monoisotopic (exact) mass is 436 g/mol. The number of benzene rings is 1. The van der Waals surface area contributed by atoms with Crippen molar-refractivity contribution < 1.29 is 22.7 Å². The van der Waals surface area contributed by atoms with Crippen LogP contribution in [0.2, 0.25) is 0 Å². The molecule has 0 radical (unpaired) electrons. The number of sulfonamides is 1. The number of amides is 1. The Balaban J connectivity index is 1.42.